The van der Waals surface area contributed by atoms with Gasteiger partial charge in [0.1, 0.15) is 29.7 Å². The maximum absolute atomic E-state index is 12.9. The van der Waals surface area contributed by atoms with E-state index >= 15 is 0 Å². The molecule has 0 unspecified atom stereocenters. The van der Waals surface area contributed by atoms with Crippen LogP contribution in [0.4, 0.5) is 10.1 Å². The lowest BCUT2D eigenvalue weighted by Gasteiger charge is -2.06. The van der Waals surface area contributed by atoms with Gasteiger partial charge < -0.3 is 9.47 Å². The van der Waals surface area contributed by atoms with Gasteiger partial charge in [-0.05, 0) is 83.9 Å². The average Bonchev–Trinajstić information content (AvgIpc) is 2.80. The topological polar surface area (TPSA) is 30.8 Å². The lowest BCUT2D eigenvalue weighted by atomic mass is 10.2. The smallest absolute Gasteiger partial charge is 0.127 e. The number of para-hydroxylation sites is 1. The number of hydrogen-bond donors (Lipinski definition) is 0. The molecule has 4 aromatic rings. The first-order chi connectivity index (χ1) is 14.7. The van der Waals surface area contributed by atoms with E-state index in [0.717, 1.165) is 34.1 Å². The second kappa shape index (κ2) is 9.52. The van der Waals surface area contributed by atoms with Crippen LogP contribution in [0.5, 0.6) is 17.2 Å². The van der Waals surface area contributed by atoms with Gasteiger partial charge in [-0.2, -0.15) is 0 Å². The van der Waals surface area contributed by atoms with Crippen LogP contribution in [0.3, 0.4) is 0 Å². The van der Waals surface area contributed by atoms with Gasteiger partial charge in [-0.1, -0.05) is 30.3 Å². The molecular formula is C26H20FNO2. The first kappa shape index (κ1) is 19.4. The second-order valence-electron chi connectivity index (χ2n) is 6.65. The Labute approximate surface area is 175 Å². The molecule has 3 nitrogen and oxygen atoms in total. The van der Waals surface area contributed by atoms with Crippen molar-refractivity contribution in [2.24, 2.45) is 4.99 Å². The summed E-state index contributed by atoms with van der Waals surface area (Å²) in [6, 6.07) is 31.2. The van der Waals surface area contributed by atoms with Crippen LogP contribution in [-0.4, -0.2) is 6.21 Å². The SMILES string of the molecule is Fc1ccc(COc2ccc(C=Nc3ccc(Oc4ccccc4)cc3)cc2)cc1. The van der Waals surface area contributed by atoms with Gasteiger partial charge in [-0.3, -0.25) is 4.99 Å². The van der Waals surface area contributed by atoms with Crippen molar-refractivity contribution < 1.29 is 13.9 Å². The van der Waals surface area contributed by atoms with Crippen molar-refractivity contribution in [1.29, 1.82) is 0 Å². The molecule has 0 spiro atoms. The predicted molar refractivity (Wildman–Crippen MR) is 117 cm³/mol. The van der Waals surface area contributed by atoms with Gasteiger partial charge >= 0.3 is 0 Å². The summed E-state index contributed by atoms with van der Waals surface area (Å²) in [7, 11) is 0. The first-order valence-electron chi connectivity index (χ1n) is 9.59. The van der Waals surface area contributed by atoms with Crippen LogP contribution in [-0.2, 0) is 6.61 Å². The van der Waals surface area contributed by atoms with E-state index in [1.807, 2.05) is 78.9 Å². The number of hydrogen-bond acceptors (Lipinski definition) is 3. The minimum Gasteiger partial charge on any atom is -0.489 e. The third-order valence-corrected chi connectivity index (χ3v) is 4.38. The second-order valence-corrected chi connectivity index (χ2v) is 6.65. The summed E-state index contributed by atoms with van der Waals surface area (Å²) in [4.78, 5) is 4.50. The zero-order chi connectivity index (χ0) is 20.6. The molecule has 4 aromatic carbocycles. The minimum absolute atomic E-state index is 0.249. The van der Waals surface area contributed by atoms with Gasteiger partial charge in [-0.15, -0.1) is 0 Å². The quantitative estimate of drug-likeness (QED) is 0.316. The molecule has 0 aliphatic carbocycles. The lowest BCUT2D eigenvalue weighted by Crippen LogP contribution is -1.95. The van der Waals surface area contributed by atoms with Gasteiger partial charge in [0, 0.05) is 6.21 Å². The largest absolute Gasteiger partial charge is 0.489 e. The minimum atomic E-state index is -0.249. The van der Waals surface area contributed by atoms with Crippen LogP contribution in [0, 0.1) is 5.82 Å². The molecule has 0 aromatic heterocycles. The van der Waals surface area contributed by atoms with Crippen LogP contribution in [0.1, 0.15) is 11.1 Å². The molecule has 0 aliphatic heterocycles. The maximum atomic E-state index is 12.9. The molecule has 0 aliphatic rings. The van der Waals surface area contributed by atoms with Gasteiger partial charge in [0.25, 0.3) is 0 Å². The highest BCUT2D eigenvalue weighted by molar-refractivity contribution is 5.82. The number of rotatable bonds is 7. The number of halogens is 1. The molecule has 4 heteroatoms. The summed E-state index contributed by atoms with van der Waals surface area (Å²) >= 11 is 0. The monoisotopic (exact) mass is 397 g/mol. The Morgan fingerprint density at radius 3 is 2.00 bits per heavy atom. The molecule has 0 saturated heterocycles. The van der Waals surface area contributed by atoms with E-state index < -0.39 is 0 Å². The Morgan fingerprint density at radius 1 is 0.667 bits per heavy atom. The van der Waals surface area contributed by atoms with Crippen LogP contribution >= 0.6 is 0 Å². The van der Waals surface area contributed by atoms with Crippen LogP contribution in [0.2, 0.25) is 0 Å². The summed E-state index contributed by atoms with van der Waals surface area (Å²) in [5, 5.41) is 0. The summed E-state index contributed by atoms with van der Waals surface area (Å²) in [6.07, 6.45) is 1.80. The number of benzene rings is 4. The number of aliphatic imine (C=N–C) groups is 1. The van der Waals surface area contributed by atoms with Crippen LogP contribution < -0.4 is 9.47 Å². The highest BCUT2D eigenvalue weighted by atomic mass is 19.1. The Morgan fingerprint density at radius 2 is 1.30 bits per heavy atom. The van der Waals surface area contributed by atoms with Crippen LogP contribution in [0.25, 0.3) is 0 Å². The van der Waals surface area contributed by atoms with Gasteiger partial charge in [0.05, 0.1) is 5.69 Å². The summed E-state index contributed by atoms with van der Waals surface area (Å²) < 4.78 is 24.5. The van der Waals surface area contributed by atoms with Crippen LogP contribution in [0.15, 0.2) is 108 Å². The summed E-state index contributed by atoms with van der Waals surface area (Å²) in [5.41, 5.74) is 2.72. The zero-order valence-electron chi connectivity index (χ0n) is 16.2. The molecule has 4 rings (SSSR count). The van der Waals surface area contributed by atoms with Gasteiger partial charge in [0.15, 0.2) is 0 Å². The molecule has 0 saturated carbocycles. The highest BCUT2D eigenvalue weighted by Gasteiger charge is 1.99. The van der Waals surface area contributed by atoms with Crippen molar-refractivity contribution in [3.05, 3.63) is 120 Å². The van der Waals surface area contributed by atoms with Crippen molar-refractivity contribution in [2.75, 3.05) is 0 Å². The summed E-state index contributed by atoms with van der Waals surface area (Å²) in [6.45, 7) is 0.394. The maximum Gasteiger partial charge on any atom is 0.127 e. The van der Waals surface area contributed by atoms with E-state index in [-0.39, 0.29) is 5.82 Å². The summed E-state index contributed by atoms with van der Waals surface area (Å²) in [5.74, 6) is 2.07. The molecule has 148 valence electrons. The molecule has 30 heavy (non-hydrogen) atoms. The molecule has 0 fully saturated rings. The lowest BCUT2D eigenvalue weighted by molar-refractivity contribution is 0.306. The molecule has 0 amide bonds. The predicted octanol–water partition coefficient (Wildman–Crippen LogP) is 6.95. The van der Waals surface area contributed by atoms with E-state index in [2.05, 4.69) is 4.99 Å². The average molecular weight is 397 g/mol. The molecule has 0 heterocycles. The normalized spacial score (nSPS) is 10.8. The third kappa shape index (κ3) is 5.55. The van der Waals surface area contributed by atoms with Crippen molar-refractivity contribution in [3.8, 4) is 17.2 Å². The van der Waals surface area contributed by atoms with E-state index in [9.17, 15) is 4.39 Å². The van der Waals surface area contributed by atoms with E-state index in [0.29, 0.717) is 6.61 Å². The fourth-order valence-electron chi connectivity index (χ4n) is 2.77. The molecule has 0 atom stereocenters. The Kier molecular flexibility index (Phi) is 6.16. The Hall–Kier alpha value is -3.92. The Bertz CT molecular complexity index is 1090. The van der Waals surface area contributed by atoms with Crippen molar-refractivity contribution in [3.63, 3.8) is 0 Å². The highest BCUT2D eigenvalue weighted by Crippen LogP contribution is 2.24. The van der Waals surface area contributed by atoms with E-state index in [4.69, 9.17) is 9.47 Å². The van der Waals surface area contributed by atoms with Gasteiger partial charge in [-0.25, -0.2) is 4.39 Å². The van der Waals surface area contributed by atoms with Crippen molar-refractivity contribution in [2.45, 2.75) is 6.61 Å². The third-order valence-electron chi connectivity index (χ3n) is 4.38. The van der Waals surface area contributed by atoms with E-state index in [1.165, 1.54) is 12.1 Å². The molecular weight excluding hydrogens is 377 g/mol. The number of ether oxygens (including phenoxy) is 2. The molecule has 0 radical (unpaired) electrons. The van der Waals surface area contributed by atoms with Crippen molar-refractivity contribution in [1.82, 2.24) is 0 Å². The Balaban J connectivity index is 1.32. The molecule has 0 bridgehead atoms. The van der Waals surface area contributed by atoms with Gasteiger partial charge in [0.2, 0.25) is 0 Å². The number of nitrogens with zero attached hydrogens (tertiary/aromatic N) is 1. The van der Waals surface area contributed by atoms with Crippen molar-refractivity contribution >= 4 is 11.9 Å². The fourth-order valence-corrected chi connectivity index (χ4v) is 2.77. The fraction of sp³-hybridized carbons (Fsp3) is 0.0385. The first-order valence-corrected chi connectivity index (χ1v) is 9.59. The van der Waals surface area contributed by atoms with E-state index in [1.54, 1.807) is 18.3 Å². The molecule has 0 N–H and O–H groups in total. The zero-order valence-corrected chi connectivity index (χ0v) is 16.2. The standard InChI is InChI=1S/C26H20FNO2/c27-22-10-6-21(7-11-22)19-29-24-14-8-20(9-15-24)18-28-23-12-16-26(17-13-23)30-25-4-2-1-3-5-25/h1-18H,19H2.